The van der Waals surface area contributed by atoms with E-state index in [0.717, 1.165) is 5.56 Å². The van der Waals surface area contributed by atoms with Gasteiger partial charge in [-0.25, -0.2) is 4.39 Å². The van der Waals surface area contributed by atoms with E-state index in [4.69, 9.17) is 18.9 Å². The summed E-state index contributed by atoms with van der Waals surface area (Å²) in [6, 6.07) is 10.1. The van der Waals surface area contributed by atoms with Crippen LogP contribution in [-0.4, -0.2) is 47.0 Å². The maximum atomic E-state index is 13.7. The minimum atomic E-state index is -0.385. The molecule has 158 valence electrons. The van der Waals surface area contributed by atoms with E-state index in [-0.39, 0.29) is 17.7 Å². The van der Waals surface area contributed by atoms with E-state index in [9.17, 15) is 4.39 Å². The molecule has 29 heavy (non-hydrogen) atoms. The molecule has 0 saturated carbocycles. The molecule has 8 heteroatoms. The van der Waals surface area contributed by atoms with Crippen molar-refractivity contribution in [2.24, 2.45) is 4.99 Å². The lowest BCUT2D eigenvalue weighted by atomic mass is 10.2. The van der Waals surface area contributed by atoms with Gasteiger partial charge in [-0.15, -0.1) is 0 Å². The van der Waals surface area contributed by atoms with Gasteiger partial charge in [-0.1, -0.05) is 12.1 Å². The second-order valence-corrected chi connectivity index (χ2v) is 6.20. The van der Waals surface area contributed by atoms with Gasteiger partial charge in [0, 0.05) is 13.6 Å². The standard InChI is InChI=1S/C21H28FN3O4/c1-14(29-17-9-7-6-8-16(17)22)12-24-21(23-2)25-13-15-10-18(26-3)20(28-5)19(11-15)27-4/h6-11,14H,12-13H2,1-5H3,(H2,23,24,25). The lowest BCUT2D eigenvalue weighted by Gasteiger charge is -2.18. The van der Waals surface area contributed by atoms with Crippen molar-refractivity contribution >= 4 is 5.96 Å². The Labute approximate surface area is 170 Å². The third-order valence-electron chi connectivity index (χ3n) is 4.13. The van der Waals surface area contributed by atoms with Gasteiger partial charge in [-0.2, -0.15) is 0 Å². The highest BCUT2D eigenvalue weighted by Crippen LogP contribution is 2.38. The first-order valence-electron chi connectivity index (χ1n) is 9.17. The number of para-hydroxylation sites is 1. The van der Waals surface area contributed by atoms with Crippen LogP contribution in [0, 0.1) is 5.82 Å². The van der Waals surface area contributed by atoms with Gasteiger partial charge in [0.15, 0.2) is 29.0 Å². The van der Waals surface area contributed by atoms with Crippen molar-refractivity contribution in [3.63, 3.8) is 0 Å². The summed E-state index contributed by atoms with van der Waals surface area (Å²) >= 11 is 0. The summed E-state index contributed by atoms with van der Waals surface area (Å²) in [5.41, 5.74) is 0.929. The fourth-order valence-corrected chi connectivity index (χ4v) is 2.68. The Morgan fingerprint density at radius 2 is 1.66 bits per heavy atom. The Bertz CT molecular complexity index is 804. The molecule has 7 nitrogen and oxygen atoms in total. The predicted octanol–water partition coefficient (Wildman–Crippen LogP) is 2.98. The minimum absolute atomic E-state index is 0.224. The average molecular weight is 405 g/mol. The fourth-order valence-electron chi connectivity index (χ4n) is 2.68. The Kier molecular flexibility index (Phi) is 8.39. The summed E-state index contributed by atoms with van der Waals surface area (Å²) < 4.78 is 35.4. The van der Waals surface area contributed by atoms with Crippen molar-refractivity contribution in [3.05, 3.63) is 47.8 Å². The van der Waals surface area contributed by atoms with Crippen molar-refractivity contribution in [2.75, 3.05) is 34.9 Å². The van der Waals surface area contributed by atoms with Gasteiger partial charge in [0.25, 0.3) is 0 Å². The minimum Gasteiger partial charge on any atom is -0.493 e. The molecule has 0 aliphatic heterocycles. The number of benzene rings is 2. The first-order valence-corrected chi connectivity index (χ1v) is 9.17. The van der Waals surface area contributed by atoms with Gasteiger partial charge < -0.3 is 29.6 Å². The summed E-state index contributed by atoms with van der Waals surface area (Å²) in [7, 11) is 6.39. The largest absolute Gasteiger partial charge is 0.493 e. The molecule has 0 radical (unpaired) electrons. The van der Waals surface area contributed by atoms with Crippen LogP contribution in [0.1, 0.15) is 12.5 Å². The van der Waals surface area contributed by atoms with Crippen LogP contribution in [0.3, 0.4) is 0 Å². The Balaban J connectivity index is 1.93. The molecule has 0 aromatic heterocycles. The molecule has 2 rings (SSSR count). The number of hydrogen-bond donors (Lipinski definition) is 2. The molecular formula is C21H28FN3O4. The number of halogens is 1. The molecule has 2 aromatic rings. The van der Waals surface area contributed by atoms with Crippen molar-refractivity contribution < 1.29 is 23.3 Å². The van der Waals surface area contributed by atoms with E-state index >= 15 is 0 Å². The van der Waals surface area contributed by atoms with Gasteiger partial charge in [0.05, 0.1) is 27.9 Å². The van der Waals surface area contributed by atoms with Crippen molar-refractivity contribution in [2.45, 2.75) is 19.6 Å². The molecule has 2 aromatic carbocycles. The first kappa shape index (κ1) is 22.1. The van der Waals surface area contributed by atoms with Gasteiger partial charge in [0.1, 0.15) is 6.10 Å². The molecule has 0 saturated heterocycles. The second-order valence-electron chi connectivity index (χ2n) is 6.20. The second kappa shape index (κ2) is 11.0. The van der Waals surface area contributed by atoms with Gasteiger partial charge >= 0.3 is 0 Å². The molecule has 2 N–H and O–H groups in total. The number of ether oxygens (including phenoxy) is 4. The lowest BCUT2D eigenvalue weighted by Crippen LogP contribution is -2.41. The van der Waals surface area contributed by atoms with Crippen LogP contribution < -0.4 is 29.6 Å². The summed E-state index contributed by atoms with van der Waals surface area (Å²) in [4.78, 5) is 4.20. The third-order valence-corrected chi connectivity index (χ3v) is 4.13. The zero-order valence-corrected chi connectivity index (χ0v) is 17.4. The molecule has 0 heterocycles. The van der Waals surface area contributed by atoms with E-state index in [0.29, 0.717) is 36.3 Å². The Morgan fingerprint density at radius 1 is 1.00 bits per heavy atom. The molecule has 1 atom stereocenters. The van der Waals surface area contributed by atoms with E-state index in [1.165, 1.54) is 6.07 Å². The molecular weight excluding hydrogens is 377 g/mol. The molecule has 0 bridgehead atoms. The number of aliphatic imine (C=N–C) groups is 1. The maximum Gasteiger partial charge on any atom is 0.203 e. The van der Waals surface area contributed by atoms with E-state index in [1.54, 1.807) is 46.6 Å². The van der Waals surface area contributed by atoms with Crippen LogP contribution >= 0.6 is 0 Å². The first-order chi connectivity index (χ1) is 14.0. The Morgan fingerprint density at radius 3 is 2.21 bits per heavy atom. The molecule has 0 aliphatic carbocycles. The number of hydrogen-bond acceptors (Lipinski definition) is 5. The maximum absolute atomic E-state index is 13.7. The summed E-state index contributed by atoms with van der Waals surface area (Å²) in [5.74, 6) is 2.13. The topological polar surface area (TPSA) is 73.3 Å². The van der Waals surface area contributed by atoms with Gasteiger partial charge in [0.2, 0.25) is 5.75 Å². The zero-order valence-electron chi connectivity index (χ0n) is 17.4. The smallest absolute Gasteiger partial charge is 0.203 e. The molecule has 1 unspecified atom stereocenters. The third kappa shape index (κ3) is 6.17. The summed E-state index contributed by atoms with van der Waals surface area (Å²) in [6.07, 6.45) is -0.258. The lowest BCUT2D eigenvalue weighted by molar-refractivity contribution is 0.214. The highest BCUT2D eigenvalue weighted by atomic mass is 19.1. The van der Waals surface area contributed by atoms with Crippen LogP contribution in [0.25, 0.3) is 0 Å². The number of guanidine groups is 1. The molecule has 0 fully saturated rings. The van der Waals surface area contributed by atoms with Crippen LogP contribution in [0.5, 0.6) is 23.0 Å². The van der Waals surface area contributed by atoms with E-state index in [1.807, 2.05) is 19.1 Å². The van der Waals surface area contributed by atoms with Gasteiger partial charge in [-0.3, -0.25) is 4.99 Å². The van der Waals surface area contributed by atoms with E-state index in [2.05, 4.69) is 15.6 Å². The SMILES string of the molecule is CN=C(NCc1cc(OC)c(OC)c(OC)c1)NCC(C)Oc1ccccc1F. The number of nitrogens with one attached hydrogen (secondary N) is 2. The van der Waals surface area contributed by atoms with Crippen LogP contribution in [-0.2, 0) is 6.54 Å². The summed E-state index contributed by atoms with van der Waals surface area (Å²) in [5, 5.41) is 6.38. The highest BCUT2D eigenvalue weighted by molar-refractivity contribution is 5.79. The monoisotopic (exact) mass is 405 g/mol. The quantitative estimate of drug-likeness (QED) is 0.494. The molecule has 0 amide bonds. The summed E-state index contributed by atoms with van der Waals surface area (Å²) in [6.45, 7) is 2.79. The van der Waals surface area contributed by atoms with Crippen molar-refractivity contribution in [3.8, 4) is 23.0 Å². The number of rotatable bonds is 9. The van der Waals surface area contributed by atoms with Crippen LogP contribution in [0.15, 0.2) is 41.4 Å². The van der Waals surface area contributed by atoms with Crippen LogP contribution in [0.4, 0.5) is 4.39 Å². The normalized spacial score (nSPS) is 12.1. The molecule has 0 spiro atoms. The average Bonchev–Trinajstić information content (AvgIpc) is 2.74. The molecule has 0 aliphatic rings. The number of methoxy groups -OCH3 is 3. The number of nitrogens with zero attached hydrogens (tertiary/aromatic N) is 1. The van der Waals surface area contributed by atoms with Crippen molar-refractivity contribution in [1.82, 2.24) is 10.6 Å². The van der Waals surface area contributed by atoms with Gasteiger partial charge in [-0.05, 0) is 36.8 Å². The predicted molar refractivity (Wildman–Crippen MR) is 111 cm³/mol. The van der Waals surface area contributed by atoms with Crippen molar-refractivity contribution in [1.29, 1.82) is 0 Å². The highest BCUT2D eigenvalue weighted by Gasteiger charge is 2.14. The van der Waals surface area contributed by atoms with Crippen LogP contribution in [0.2, 0.25) is 0 Å². The van der Waals surface area contributed by atoms with E-state index < -0.39 is 0 Å². The fraction of sp³-hybridized carbons (Fsp3) is 0.381. The Hall–Kier alpha value is -3.16. The zero-order chi connectivity index (χ0) is 21.2.